The van der Waals surface area contributed by atoms with E-state index >= 15 is 0 Å². The van der Waals surface area contributed by atoms with Crippen LogP contribution in [-0.4, -0.2) is 0 Å². The molecule has 0 N–H and O–H groups in total. The van der Waals surface area contributed by atoms with Crippen molar-refractivity contribution in [1.29, 1.82) is 0 Å². The minimum Gasteiger partial charge on any atom is -0.125 e. The van der Waals surface area contributed by atoms with E-state index in [0.29, 0.717) is 0 Å². The van der Waals surface area contributed by atoms with Gasteiger partial charge < -0.3 is 0 Å². The van der Waals surface area contributed by atoms with E-state index in [-0.39, 0.29) is 0 Å². The Hall–Kier alpha value is -0.970. The Bertz CT molecular complexity index is 276. The van der Waals surface area contributed by atoms with Crippen molar-refractivity contribution in [3.63, 3.8) is 0 Å². The Labute approximate surface area is 71.8 Å². The lowest BCUT2D eigenvalue weighted by Crippen LogP contribution is -1.67. The van der Waals surface area contributed by atoms with Crippen LogP contribution in [0.15, 0.2) is 36.1 Å². The van der Waals surface area contributed by atoms with Gasteiger partial charge in [-0.05, 0) is 36.8 Å². The van der Waals surface area contributed by atoms with E-state index in [9.17, 15) is 0 Å². The van der Waals surface area contributed by atoms with Crippen LogP contribution in [0, 0.1) is 0 Å². The van der Waals surface area contributed by atoms with Gasteiger partial charge in [-0.1, -0.05) is 23.7 Å². The fraction of sp³-hybridized carbons (Fsp3) is 0.100. The normalized spacial score (nSPS) is 8.55. The van der Waals surface area contributed by atoms with Crippen LogP contribution in [-0.2, 0) is 0 Å². The summed E-state index contributed by atoms with van der Waals surface area (Å²) in [5.74, 6) is 0. The van der Waals surface area contributed by atoms with Crippen LogP contribution in [0.25, 0.3) is 6.08 Å². The molecule has 0 nitrogen and oxygen atoms in total. The van der Waals surface area contributed by atoms with Crippen LogP contribution < -0.4 is 0 Å². The number of hydrogen-bond donors (Lipinski definition) is 0. The molecule has 0 amide bonds. The molecule has 0 fully saturated rings. The SMILES string of the molecule is CC=C=Cc1ccc(Cl)cc1. The van der Waals surface area contributed by atoms with Crippen LogP contribution in [0.3, 0.4) is 0 Å². The summed E-state index contributed by atoms with van der Waals surface area (Å²) in [5.41, 5.74) is 4.11. The molecule has 56 valence electrons. The molecule has 1 aromatic rings. The van der Waals surface area contributed by atoms with Gasteiger partial charge in [-0.3, -0.25) is 0 Å². The standard InChI is InChI=1S/C10H9Cl/c1-2-3-4-9-5-7-10(11)8-6-9/h2,4-8H,1H3. The van der Waals surface area contributed by atoms with Crippen molar-refractivity contribution >= 4 is 17.7 Å². The zero-order valence-electron chi connectivity index (χ0n) is 6.34. The van der Waals surface area contributed by atoms with Crippen molar-refractivity contribution in [3.05, 3.63) is 46.7 Å². The van der Waals surface area contributed by atoms with Gasteiger partial charge >= 0.3 is 0 Å². The summed E-state index contributed by atoms with van der Waals surface area (Å²) in [5, 5.41) is 0.766. The van der Waals surface area contributed by atoms with E-state index in [1.54, 1.807) is 0 Å². The molecular weight excluding hydrogens is 156 g/mol. The third-order valence-corrected chi connectivity index (χ3v) is 1.54. The second kappa shape index (κ2) is 4.02. The van der Waals surface area contributed by atoms with Crippen molar-refractivity contribution in [3.8, 4) is 0 Å². The lowest BCUT2D eigenvalue weighted by Gasteiger charge is -1.89. The number of allylic oxidation sites excluding steroid dienone is 1. The Morgan fingerprint density at radius 3 is 2.45 bits per heavy atom. The van der Waals surface area contributed by atoms with Gasteiger partial charge in [0.15, 0.2) is 0 Å². The van der Waals surface area contributed by atoms with E-state index in [1.807, 2.05) is 43.3 Å². The topological polar surface area (TPSA) is 0 Å². The van der Waals surface area contributed by atoms with Crippen LogP contribution in [0.2, 0.25) is 5.02 Å². The first-order valence-corrected chi connectivity index (χ1v) is 3.83. The molecule has 0 bridgehead atoms. The fourth-order valence-electron chi connectivity index (χ4n) is 0.739. The summed E-state index contributed by atoms with van der Waals surface area (Å²) in [4.78, 5) is 0. The van der Waals surface area contributed by atoms with Crippen LogP contribution in [0.4, 0.5) is 0 Å². The first kappa shape index (κ1) is 8.13. The molecule has 0 radical (unpaired) electrons. The third-order valence-electron chi connectivity index (χ3n) is 1.29. The summed E-state index contributed by atoms with van der Waals surface area (Å²) < 4.78 is 0. The first-order chi connectivity index (χ1) is 5.33. The molecule has 0 aliphatic rings. The predicted molar refractivity (Wildman–Crippen MR) is 49.7 cm³/mol. The Morgan fingerprint density at radius 2 is 1.91 bits per heavy atom. The number of rotatable bonds is 1. The molecule has 0 saturated heterocycles. The number of benzene rings is 1. The van der Waals surface area contributed by atoms with Crippen LogP contribution >= 0.6 is 11.6 Å². The van der Waals surface area contributed by atoms with E-state index in [0.717, 1.165) is 10.6 Å². The van der Waals surface area contributed by atoms with Crippen molar-refractivity contribution in [2.75, 3.05) is 0 Å². The van der Waals surface area contributed by atoms with Crippen molar-refractivity contribution in [2.45, 2.75) is 6.92 Å². The van der Waals surface area contributed by atoms with Crippen molar-refractivity contribution in [2.24, 2.45) is 0 Å². The maximum absolute atomic E-state index is 5.70. The summed E-state index contributed by atoms with van der Waals surface area (Å²) in [6.45, 7) is 1.94. The minimum atomic E-state index is 0.766. The molecule has 1 rings (SSSR count). The van der Waals surface area contributed by atoms with E-state index in [4.69, 9.17) is 11.6 Å². The first-order valence-electron chi connectivity index (χ1n) is 3.45. The highest BCUT2D eigenvalue weighted by Crippen LogP contribution is 2.09. The molecule has 1 heteroatoms. The third kappa shape index (κ3) is 2.63. The molecule has 0 aliphatic heterocycles. The molecule has 0 heterocycles. The zero-order valence-corrected chi connectivity index (χ0v) is 7.10. The van der Waals surface area contributed by atoms with E-state index in [2.05, 4.69) is 5.73 Å². The molecule has 0 aliphatic carbocycles. The predicted octanol–water partition coefficient (Wildman–Crippen LogP) is 3.53. The summed E-state index contributed by atoms with van der Waals surface area (Å²) in [7, 11) is 0. The molecule has 0 saturated carbocycles. The van der Waals surface area contributed by atoms with Gasteiger partial charge in [0.2, 0.25) is 0 Å². The second-order valence-corrected chi connectivity index (χ2v) is 2.59. The molecule has 0 spiro atoms. The lowest BCUT2D eigenvalue weighted by molar-refractivity contribution is 1.66. The Morgan fingerprint density at radius 1 is 1.27 bits per heavy atom. The summed E-state index contributed by atoms with van der Waals surface area (Å²) in [6.07, 6.45) is 3.78. The fourth-order valence-corrected chi connectivity index (χ4v) is 0.865. The molecule has 0 unspecified atom stereocenters. The second-order valence-electron chi connectivity index (χ2n) is 2.15. The van der Waals surface area contributed by atoms with Crippen molar-refractivity contribution < 1.29 is 0 Å². The number of hydrogen-bond acceptors (Lipinski definition) is 0. The van der Waals surface area contributed by atoms with Gasteiger partial charge in [-0.25, -0.2) is 0 Å². The maximum atomic E-state index is 5.70. The average molecular weight is 165 g/mol. The smallest absolute Gasteiger partial charge is 0.0406 e. The molecule has 1 aromatic carbocycles. The monoisotopic (exact) mass is 164 g/mol. The van der Waals surface area contributed by atoms with E-state index < -0.39 is 0 Å². The van der Waals surface area contributed by atoms with Crippen LogP contribution in [0.1, 0.15) is 12.5 Å². The largest absolute Gasteiger partial charge is 0.125 e. The maximum Gasteiger partial charge on any atom is 0.0406 e. The van der Waals surface area contributed by atoms with Gasteiger partial charge in [-0.2, -0.15) is 0 Å². The highest BCUT2D eigenvalue weighted by molar-refractivity contribution is 6.30. The molecule has 0 atom stereocenters. The Balaban J connectivity index is 2.90. The summed E-state index contributed by atoms with van der Waals surface area (Å²) in [6, 6.07) is 7.65. The van der Waals surface area contributed by atoms with Gasteiger partial charge in [-0.15, -0.1) is 5.73 Å². The van der Waals surface area contributed by atoms with Crippen LogP contribution in [0.5, 0.6) is 0 Å². The van der Waals surface area contributed by atoms with E-state index in [1.165, 1.54) is 0 Å². The zero-order chi connectivity index (χ0) is 8.10. The molecular formula is C10H9Cl. The molecule has 11 heavy (non-hydrogen) atoms. The average Bonchev–Trinajstić information content (AvgIpc) is 2.04. The molecule has 0 aromatic heterocycles. The summed E-state index contributed by atoms with van der Waals surface area (Å²) >= 11 is 5.70. The van der Waals surface area contributed by atoms with Gasteiger partial charge in [0.05, 0.1) is 0 Å². The highest BCUT2D eigenvalue weighted by atomic mass is 35.5. The van der Waals surface area contributed by atoms with Crippen molar-refractivity contribution in [1.82, 2.24) is 0 Å². The van der Waals surface area contributed by atoms with Gasteiger partial charge in [0.1, 0.15) is 0 Å². The highest BCUT2D eigenvalue weighted by Gasteiger charge is 1.85. The van der Waals surface area contributed by atoms with Gasteiger partial charge in [0.25, 0.3) is 0 Å². The minimum absolute atomic E-state index is 0.766. The van der Waals surface area contributed by atoms with Gasteiger partial charge in [0, 0.05) is 5.02 Å². The number of halogens is 1. The Kier molecular flexibility index (Phi) is 2.97. The quantitative estimate of drug-likeness (QED) is 0.557. The lowest BCUT2D eigenvalue weighted by atomic mass is 10.2.